The van der Waals surface area contributed by atoms with E-state index >= 15 is 0 Å². The Morgan fingerprint density at radius 1 is 0.967 bits per heavy atom. The average molecular weight is 448 g/mol. The molecule has 1 aromatic rings. The Kier molecular flexibility index (Phi) is 14.9. The molecular formula is C21H37NO7S. The molecule has 0 aliphatic heterocycles. The SMILES string of the molecule is CCCNCCCC(CCCCCCCOOOO)OS(=O)(=O)c1ccc(C)cc1. The molecule has 0 saturated carbocycles. The molecule has 1 atom stereocenters. The monoisotopic (exact) mass is 447 g/mol. The fourth-order valence-corrected chi connectivity index (χ4v) is 4.19. The van der Waals surface area contributed by atoms with E-state index in [9.17, 15) is 8.42 Å². The Labute approximate surface area is 180 Å². The van der Waals surface area contributed by atoms with Crippen LogP contribution in [-0.4, -0.2) is 39.5 Å². The van der Waals surface area contributed by atoms with Crippen LogP contribution in [-0.2, 0) is 29.3 Å². The van der Waals surface area contributed by atoms with Crippen LogP contribution < -0.4 is 5.32 Å². The zero-order chi connectivity index (χ0) is 22.1. The maximum atomic E-state index is 12.7. The molecule has 1 rings (SSSR count). The summed E-state index contributed by atoms with van der Waals surface area (Å²) in [5.74, 6) is 0. The van der Waals surface area contributed by atoms with E-state index < -0.39 is 10.1 Å². The van der Waals surface area contributed by atoms with Gasteiger partial charge in [-0.3, -0.25) is 4.18 Å². The van der Waals surface area contributed by atoms with E-state index in [-0.39, 0.29) is 11.0 Å². The molecule has 9 heteroatoms. The molecule has 1 aromatic carbocycles. The van der Waals surface area contributed by atoms with Crippen molar-refractivity contribution in [1.29, 1.82) is 0 Å². The quantitative estimate of drug-likeness (QED) is 0.138. The minimum atomic E-state index is -3.77. The molecule has 2 N–H and O–H groups in total. The molecule has 0 bridgehead atoms. The van der Waals surface area contributed by atoms with Gasteiger partial charge in [0.25, 0.3) is 10.1 Å². The molecule has 0 aliphatic rings. The third kappa shape index (κ3) is 12.6. The van der Waals surface area contributed by atoms with Crippen molar-refractivity contribution >= 4 is 10.1 Å². The summed E-state index contributed by atoms with van der Waals surface area (Å²) in [5.41, 5.74) is 1.01. The van der Waals surface area contributed by atoms with Crippen LogP contribution in [0.3, 0.4) is 0 Å². The van der Waals surface area contributed by atoms with E-state index in [1.54, 1.807) is 24.3 Å². The number of hydrogen-bond donors (Lipinski definition) is 2. The first-order valence-electron chi connectivity index (χ1n) is 10.8. The Hall–Kier alpha value is -1.07. The Morgan fingerprint density at radius 2 is 1.63 bits per heavy atom. The molecule has 0 heterocycles. The number of unbranched alkanes of at least 4 members (excludes halogenated alkanes) is 4. The third-order valence-corrected chi connectivity index (χ3v) is 6.09. The minimum Gasteiger partial charge on any atom is -0.317 e. The van der Waals surface area contributed by atoms with Crippen LogP contribution in [0.1, 0.15) is 70.3 Å². The molecule has 8 nitrogen and oxygen atoms in total. The highest BCUT2D eigenvalue weighted by Gasteiger charge is 2.21. The number of hydrogen-bond acceptors (Lipinski definition) is 8. The summed E-state index contributed by atoms with van der Waals surface area (Å²) in [7, 11) is -3.77. The van der Waals surface area contributed by atoms with E-state index in [2.05, 4.69) is 27.2 Å². The number of benzene rings is 1. The molecule has 30 heavy (non-hydrogen) atoms. The largest absolute Gasteiger partial charge is 0.317 e. The average Bonchev–Trinajstić information content (AvgIpc) is 2.72. The van der Waals surface area contributed by atoms with Crippen molar-refractivity contribution in [3.63, 3.8) is 0 Å². The molecule has 0 aromatic heterocycles. The number of rotatable bonds is 19. The van der Waals surface area contributed by atoms with Crippen molar-refractivity contribution < 1.29 is 32.8 Å². The van der Waals surface area contributed by atoms with Crippen LogP contribution in [0.2, 0.25) is 0 Å². The predicted molar refractivity (Wildman–Crippen MR) is 114 cm³/mol. The second-order valence-electron chi connectivity index (χ2n) is 7.40. The molecule has 0 aliphatic carbocycles. The summed E-state index contributed by atoms with van der Waals surface area (Å²) in [6.45, 7) is 6.20. The second kappa shape index (κ2) is 16.6. The number of aryl methyl sites for hydroxylation is 1. The van der Waals surface area contributed by atoms with Crippen LogP contribution in [0.5, 0.6) is 0 Å². The van der Waals surface area contributed by atoms with Gasteiger partial charge in [0.05, 0.1) is 17.6 Å². The van der Waals surface area contributed by atoms with Gasteiger partial charge >= 0.3 is 0 Å². The van der Waals surface area contributed by atoms with Crippen molar-refractivity contribution in [1.82, 2.24) is 5.32 Å². The van der Waals surface area contributed by atoms with Crippen LogP contribution >= 0.6 is 0 Å². The van der Waals surface area contributed by atoms with E-state index in [0.29, 0.717) is 19.4 Å². The smallest absolute Gasteiger partial charge is 0.297 e. The van der Waals surface area contributed by atoms with Crippen LogP contribution in [0, 0.1) is 6.92 Å². The highest BCUT2D eigenvalue weighted by molar-refractivity contribution is 7.86. The fourth-order valence-electron chi connectivity index (χ4n) is 3.06. The van der Waals surface area contributed by atoms with Gasteiger partial charge in [0, 0.05) is 0 Å². The van der Waals surface area contributed by atoms with E-state index in [0.717, 1.165) is 63.6 Å². The molecule has 0 fully saturated rings. The Bertz CT molecular complexity index is 637. The van der Waals surface area contributed by atoms with Crippen LogP contribution in [0.25, 0.3) is 0 Å². The van der Waals surface area contributed by atoms with Crippen molar-refractivity contribution in [3.05, 3.63) is 29.8 Å². The first kappa shape index (κ1) is 27.0. The lowest BCUT2D eigenvalue weighted by atomic mass is 10.0. The standard InChI is InChI=1S/C21H37NO7S/c1-3-16-22-17-9-11-20(10-7-5-4-6-8-18-26-29-28-23)27-30(24,25)21-14-12-19(2)13-15-21/h12-15,20,22-23H,3-11,16-18H2,1-2H3. The minimum absolute atomic E-state index is 0.205. The van der Waals surface area contributed by atoms with Gasteiger partial charge in [-0.2, -0.15) is 8.42 Å². The second-order valence-corrected chi connectivity index (χ2v) is 8.97. The molecule has 0 spiro atoms. The van der Waals surface area contributed by atoms with Crippen LogP contribution in [0.4, 0.5) is 0 Å². The lowest BCUT2D eigenvalue weighted by molar-refractivity contribution is -0.623. The Morgan fingerprint density at radius 3 is 2.33 bits per heavy atom. The Balaban J connectivity index is 2.44. The first-order valence-corrected chi connectivity index (χ1v) is 12.2. The summed E-state index contributed by atoms with van der Waals surface area (Å²) in [5, 5.41) is 18.6. The van der Waals surface area contributed by atoms with Gasteiger partial charge in [0.2, 0.25) is 0 Å². The lowest BCUT2D eigenvalue weighted by Gasteiger charge is -2.18. The lowest BCUT2D eigenvalue weighted by Crippen LogP contribution is -2.22. The maximum Gasteiger partial charge on any atom is 0.297 e. The van der Waals surface area contributed by atoms with Gasteiger partial charge in [-0.25, -0.2) is 10.1 Å². The summed E-state index contributed by atoms with van der Waals surface area (Å²) >= 11 is 0. The van der Waals surface area contributed by atoms with Crippen molar-refractivity contribution in [2.75, 3.05) is 19.7 Å². The summed E-state index contributed by atoms with van der Waals surface area (Å²) in [6, 6.07) is 6.75. The van der Waals surface area contributed by atoms with Gasteiger partial charge in [0.15, 0.2) is 0 Å². The highest BCUT2D eigenvalue weighted by atomic mass is 32.2. The van der Waals surface area contributed by atoms with Gasteiger partial charge < -0.3 is 5.32 Å². The third-order valence-electron chi connectivity index (χ3n) is 4.71. The van der Waals surface area contributed by atoms with Gasteiger partial charge in [-0.15, -0.1) is 0 Å². The molecule has 0 saturated heterocycles. The van der Waals surface area contributed by atoms with Gasteiger partial charge in [-0.1, -0.05) is 50.3 Å². The highest BCUT2D eigenvalue weighted by Crippen LogP contribution is 2.21. The van der Waals surface area contributed by atoms with Gasteiger partial charge in [0.1, 0.15) is 0 Å². The molecule has 174 valence electrons. The van der Waals surface area contributed by atoms with Crippen LogP contribution in [0.15, 0.2) is 29.2 Å². The molecular weight excluding hydrogens is 410 g/mol. The van der Waals surface area contributed by atoms with E-state index in [4.69, 9.17) is 9.44 Å². The normalized spacial score (nSPS) is 12.9. The van der Waals surface area contributed by atoms with Crippen molar-refractivity contribution in [2.45, 2.75) is 82.6 Å². The zero-order valence-electron chi connectivity index (χ0n) is 18.2. The molecule has 1 unspecified atom stereocenters. The van der Waals surface area contributed by atoms with Gasteiger partial charge in [-0.05, 0) is 74.3 Å². The van der Waals surface area contributed by atoms with Crippen molar-refractivity contribution in [3.8, 4) is 0 Å². The predicted octanol–water partition coefficient (Wildman–Crippen LogP) is 4.54. The topological polar surface area (TPSA) is 103 Å². The zero-order valence-corrected chi connectivity index (χ0v) is 19.0. The fraction of sp³-hybridized carbons (Fsp3) is 0.714. The molecule has 0 radical (unpaired) electrons. The first-order chi connectivity index (χ1) is 14.5. The summed E-state index contributed by atoms with van der Waals surface area (Å²) in [4.78, 5) is 4.74. The number of nitrogens with one attached hydrogen (secondary N) is 1. The molecule has 0 amide bonds. The maximum absolute atomic E-state index is 12.7. The summed E-state index contributed by atoms with van der Waals surface area (Å²) < 4.78 is 30.9. The van der Waals surface area contributed by atoms with Crippen molar-refractivity contribution in [2.24, 2.45) is 0 Å². The van der Waals surface area contributed by atoms with E-state index in [1.807, 2.05) is 6.92 Å². The summed E-state index contributed by atoms with van der Waals surface area (Å²) in [6.07, 6.45) is 7.65. The van der Waals surface area contributed by atoms with E-state index in [1.165, 1.54) is 0 Å².